The maximum Gasteiger partial charge on any atom is 0.0738 e. The van der Waals surface area contributed by atoms with Gasteiger partial charge in [-0.2, -0.15) is 0 Å². The normalized spacial score (nSPS) is 17.6. The highest BCUT2D eigenvalue weighted by Gasteiger charge is 2.23. The molecular weight excluding hydrogens is 150 g/mol. The van der Waals surface area contributed by atoms with Crippen molar-refractivity contribution in [2.24, 2.45) is 5.92 Å². The molecule has 0 bridgehead atoms. The van der Waals surface area contributed by atoms with Gasteiger partial charge in [0.05, 0.1) is 17.6 Å². The van der Waals surface area contributed by atoms with Crippen molar-refractivity contribution >= 4 is 11.4 Å². The van der Waals surface area contributed by atoms with Crippen LogP contribution in [0.25, 0.3) is 0 Å². The van der Waals surface area contributed by atoms with Gasteiger partial charge in [-0.1, -0.05) is 6.92 Å². The van der Waals surface area contributed by atoms with Crippen molar-refractivity contribution in [1.82, 2.24) is 4.98 Å². The third kappa shape index (κ3) is 1.11. The Bertz CT molecular complexity index is 279. The van der Waals surface area contributed by atoms with Crippen LogP contribution in [0, 0.1) is 5.92 Å². The molecule has 0 spiro atoms. The predicted molar refractivity (Wildman–Crippen MR) is 50.0 cm³/mol. The molecule has 1 aliphatic heterocycles. The second-order valence-electron chi connectivity index (χ2n) is 3.44. The van der Waals surface area contributed by atoms with Gasteiger partial charge in [0.1, 0.15) is 0 Å². The van der Waals surface area contributed by atoms with Crippen molar-refractivity contribution in [1.29, 1.82) is 0 Å². The van der Waals surface area contributed by atoms with Gasteiger partial charge in [0.25, 0.3) is 0 Å². The van der Waals surface area contributed by atoms with Crippen LogP contribution in [0.4, 0.5) is 11.4 Å². The standard InChI is InChI=1S/C9H13N3/c1-7-5-12(6-7)9-2-3-11-4-8(9)10/h2-4,7H,5-6,10H2,1H3. The summed E-state index contributed by atoms with van der Waals surface area (Å²) >= 11 is 0. The second kappa shape index (κ2) is 2.66. The number of aromatic nitrogens is 1. The largest absolute Gasteiger partial charge is 0.396 e. The number of hydrogen-bond donors (Lipinski definition) is 1. The fourth-order valence-corrected chi connectivity index (χ4v) is 1.58. The molecule has 0 saturated carbocycles. The van der Waals surface area contributed by atoms with Gasteiger partial charge in [0.15, 0.2) is 0 Å². The SMILES string of the molecule is CC1CN(c2ccncc2N)C1. The van der Waals surface area contributed by atoms with Crippen molar-refractivity contribution in [3.05, 3.63) is 18.5 Å². The summed E-state index contributed by atoms with van der Waals surface area (Å²) in [6, 6.07) is 1.97. The summed E-state index contributed by atoms with van der Waals surface area (Å²) in [6.45, 7) is 4.48. The van der Waals surface area contributed by atoms with Gasteiger partial charge in [-0.3, -0.25) is 4.98 Å². The van der Waals surface area contributed by atoms with E-state index in [1.165, 1.54) is 0 Å². The molecule has 0 unspecified atom stereocenters. The lowest BCUT2D eigenvalue weighted by Gasteiger charge is -2.39. The molecule has 12 heavy (non-hydrogen) atoms. The maximum absolute atomic E-state index is 5.77. The Balaban J connectivity index is 2.18. The molecule has 0 aromatic carbocycles. The monoisotopic (exact) mass is 163 g/mol. The fraction of sp³-hybridized carbons (Fsp3) is 0.444. The van der Waals surface area contributed by atoms with E-state index in [1.54, 1.807) is 12.4 Å². The van der Waals surface area contributed by atoms with Gasteiger partial charge >= 0.3 is 0 Å². The Hall–Kier alpha value is -1.25. The Labute approximate surface area is 72.2 Å². The molecule has 1 aromatic heterocycles. The molecule has 1 saturated heterocycles. The lowest BCUT2D eigenvalue weighted by Crippen LogP contribution is -2.45. The quantitative estimate of drug-likeness (QED) is 0.674. The van der Waals surface area contributed by atoms with Crippen molar-refractivity contribution in [2.45, 2.75) is 6.92 Å². The molecule has 0 atom stereocenters. The molecular formula is C9H13N3. The maximum atomic E-state index is 5.77. The highest BCUT2D eigenvalue weighted by Crippen LogP contribution is 2.28. The molecule has 2 rings (SSSR count). The van der Waals surface area contributed by atoms with E-state index in [9.17, 15) is 0 Å². The first kappa shape index (κ1) is 7.40. The van der Waals surface area contributed by atoms with Gasteiger partial charge in [0, 0.05) is 19.3 Å². The van der Waals surface area contributed by atoms with Crippen molar-refractivity contribution in [3.63, 3.8) is 0 Å². The van der Waals surface area contributed by atoms with Crippen LogP contribution in [-0.2, 0) is 0 Å². The van der Waals surface area contributed by atoms with Crippen molar-refractivity contribution in [3.8, 4) is 0 Å². The molecule has 64 valence electrons. The van der Waals surface area contributed by atoms with Gasteiger partial charge in [-0.15, -0.1) is 0 Å². The van der Waals surface area contributed by atoms with E-state index in [1.807, 2.05) is 6.07 Å². The lowest BCUT2D eigenvalue weighted by atomic mass is 10.0. The number of nitrogens with two attached hydrogens (primary N) is 1. The molecule has 0 aliphatic carbocycles. The van der Waals surface area contributed by atoms with Crippen LogP contribution in [0.2, 0.25) is 0 Å². The lowest BCUT2D eigenvalue weighted by molar-refractivity contribution is 0.448. The molecule has 0 radical (unpaired) electrons. The first-order chi connectivity index (χ1) is 5.77. The third-order valence-electron chi connectivity index (χ3n) is 2.23. The summed E-state index contributed by atoms with van der Waals surface area (Å²) in [4.78, 5) is 6.23. The Morgan fingerprint density at radius 3 is 2.92 bits per heavy atom. The first-order valence-electron chi connectivity index (χ1n) is 4.22. The molecule has 1 aromatic rings. The van der Waals surface area contributed by atoms with E-state index in [0.717, 1.165) is 30.4 Å². The van der Waals surface area contributed by atoms with E-state index >= 15 is 0 Å². The van der Waals surface area contributed by atoms with E-state index in [4.69, 9.17) is 5.73 Å². The summed E-state index contributed by atoms with van der Waals surface area (Å²) in [7, 11) is 0. The van der Waals surface area contributed by atoms with Gasteiger partial charge < -0.3 is 10.6 Å². The summed E-state index contributed by atoms with van der Waals surface area (Å²) in [5.41, 5.74) is 7.68. The number of hydrogen-bond acceptors (Lipinski definition) is 3. The number of anilines is 2. The number of nitrogens with zero attached hydrogens (tertiary/aromatic N) is 2. The van der Waals surface area contributed by atoms with Crippen LogP contribution < -0.4 is 10.6 Å². The first-order valence-corrected chi connectivity index (χ1v) is 4.22. The van der Waals surface area contributed by atoms with Crippen LogP contribution >= 0.6 is 0 Å². The van der Waals surface area contributed by atoms with Gasteiger partial charge in [-0.25, -0.2) is 0 Å². The van der Waals surface area contributed by atoms with Gasteiger partial charge in [-0.05, 0) is 12.0 Å². The highest BCUT2D eigenvalue weighted by molar-refractivity contribution is 5.66. The van der Waals surface area contributed by atoms with E-state index in [2.05, 4.69) is 16.8 Å². The average molecular weight is 163 g/mol. The zero-order chi connectivity index (χ0) is 8.55. The Morgan fingerprint density at radius 1 is 1.58 bits per heavy atom. The molecule has 0 amide bonds. The number of nitrogen functional groups attached to an aromatic ring is 1. The number of rotatable bonds is 1. The minimum absolute atomic E-state index is 0.782. The van der Waals surface area contributed by atoms with Crippen molar-refractivity contribution < 1.29 is 0 Å². The Kier molecular flexibility index (Phi) is 1.64. The topological polar surface area (TPSA) is 42.2 Å². The summed E-state index contributed by atoms with van der Waals surface area (Å²) < 4.78 is 0. The summed E-state index contributed by atoms with van der Waals surface area (Å²) in [5.74, 6) is 0.803. The molecule has 1 aliphatic rings. The molecule has 3 heteroatoms. The third-order valence-corrected chi connectivity index (χ3v) is 2.23. The fourth-order valence-electron chi connectivity index (χ4n) is 1.58. The number of pyridine rings is 1. The smallest absolute Gasteiger partial charge is 0.0738 e. The Morgan fingerprint density at radius 2 is 2.33 bits per heavy atom. The second-order valence-corrected chi connectivity index (χ2v) is 3.44. The highest BCUT2D eigenvalue weighted by atomic mass is 15.2. The van der Waals surface area contributed by atoms with Crippen LogP contribution in [0.1, 0.15) is 6.92 Å². The minimum Gasteiger partial charge on any atom is -0.396 e. The molecule has 2 heterocycles. The molecule has 3 nitrogen and oxygen atoms in total. The molecule has 2 N–H and O–H groups in total. The zero-order valence-electron chi connectivity index (χ0n) is 7.20. The zero-order valence-corrected chi connectivity index (χ0v) is 7.20. The minimum atomic E-state index is 0.782. The van der Waals surface area contributed by atoms with Crippen LogP contribution in [0.15, 0.2) is 18.5 Å². The van der Waals surface area contributed by atoms with E-state index in [-0.39, 0.29) is 0 Å². The molecule has 1 fully saturated rings. The van der Waals surface area contributed by atoms with E-state index in [0.29, 0.717) is 0 Å². The van der Waals surface area contributed by atoms with Gasteiger partial charge in [0.2, 0.25) is 0 Å². The predicted octanol–water partition coefficient (Wildman–Crippen LogP) is 1.12. The van der Waals surface area contributed by atoms with Crippen LogP contribution in [-0.4, -0.2) is 18.1 Å². The van der Waals surface area contributed by atoms with Crippen LogP contribution in [0.5, 0.6) is 0 Å². The average Bonchev–Trinajstić information content (AvgIpc) is 2.01. The summed E-state index contributed by atoms with van der Waals surface area (Å²) in [5, 5.41) is 0. The van der Waals surface area contributed by atoms with Crippen molar-refractivity contribution in [2.75, 3.05) is 23.7 Å². The van der Waals surface area contributed by atoms with E-state index < -0.39 is 0 Å². The van der Waals surface area contributed by atoms with Crippen LogP contribution in [0.3, 0.4) is 0 Å². The summed E-state index contributed by atoms with van der Waals surface area (Å²) in [6.07, 6.45) is 3.49.